The Kier molecular flexibility index (Phi) is 4.70. The maximum atomic E-state index is 12.4. The number of nitrogens with zero attached hydrogens (tertiary/aromatic N) is 1. The van der Waals surface area contributed by atoms with Crippen LogP contribution in [0.1, 0.15) is 5.56 Å². The van der Waals surface area contributed by atoms with Crippen molar-refractivity contribution in [1.29, 1.82) is 0 Å². The fourth-order valence-electron chi connectivity index (χ4n) is 1.99. The zero-order valence-electron chi connectivity index (χ0n) is 10.1. The Morgan fingerprint density at radius 1 is 1.26 bits per heavy atom. The highest BCUT2D eigenvalue weighted by Gasteiger charge is 2.32. The van der Waals surface area contributed by atoms with Crippen LogP contribution < -0.4 is 10.1 Å². The molecule has 1 aliphatic rings. The molecule has 0 radical (unpaired) electrons. The molecule has 19 heavy (non-hydrogen) atoms. The van der Waals surface area contributed by atoms with E-state index in [1.807, 2.05) is 0 Å². The van der Waals surface area contributed by atoms with E-state index < -0.39 is 6.36 Å². The lowest BCUT2D eigenvalue weighted by Gasteiger charge is -2.28. The third-order valence-electron chi connectivity index (χ3n) is 2.86. The number of piperazine rings is 1. The average Bonchev–Trinajstić information content (AvgIpc) is 2.32. The van der Waals surface area contributed by atoms with Gasteiger partial charge in [-0.3, -0.25) is 4.90 Å². The second-order valence-electron chi connectivity index (χ2n) is 4.33. The van der Waals surface area contributed by atoms with E-state index in [1.54, 1.807) is 12.1 Å². The summed E-state index contributed by atoms with van der Waals surface area (Å²) in [7, 11) is 0. The highest BCUT2D eigenvalue weighted by Crippen LogP contribution is 2.30. The molecule has 0 aliphatic carbocycles. The van der Waals surface area contributed by atoms with Crippen LogP contribution in [-0.4, -0.2) is 37.4 Å². The third-order valence-corrected chi connectivity index (χ3v) is 3.35. The number of halogens is 4. The Morgan fingerprint density at radius 3 is 2.58 bits per heavy atom. The third kappa shape index (κ3) is 4.67. The summed E-state index contributed by atoms with van der Waals surface area (Å²) in [5, 5.41) is 3.20. The van der Waals surface area contributed by atoms with E-state index in [4.69, 9.17) is 0 Å². The minimum absolute atomic E-state index is 0.139. The lowest BCUT2D eigenvalue weighted by Crippen LogP contribution is -2.43. The molecule has 0 aromatic heterocycles. The number of ether oxygens (including phenoxy) is 1. The normalized spacial score (nSPS) is 17.5. The van der Waals surface area contributed by atoms with E-state index in [0.717, 1.165) is 26.2 Å². The van der Waals surface area contributed by atoms with E-state index in [9.17, 15) is 13.2 Å². The van der Waals surface area contributed by atoms with E-state index in [1.165, 1.54) is 6.07 Å². The fraction of sp³-hybridized carbons (Fsp3) is 0.500. The van der Waals surface area contributed by atoms with Gasteiger partial charge in [-0.2, -0.15) is 0 Å². The molecule has 0 bridgehead atoms. The molecule has 2 rings (SSSR count). The van der Waals surface area contributed by atoms with Crippen LogP contribution in [0.4, 0.5) is 13.2 Å². The van der Waals surface area contributed by atoms with E-state index in [2.05, 4.69) is 30.9 Å². The van der Waals surface area contributed by atoms with Crippen molar-refractivity contribution in [1.82, 2.24) is 10.2 Å². The Bertz CT molecular complexity index is 433. The summed E-state index contributed by atoms with van der Waals surface area (Å²) in [4.78, 5) is 2.10. The standard InChI is InChI=1S/C12H14BrF3N2O/c13-10-2-1-9(8-18-5-3-17-4-6-18)11(7-10)19-12(14,15)16/h1-2,7,17H,3-6,8H2. The lowest BCUT2D eigenvalue weighted by atomic mass is 10.2. The minimum Gasteiger partial charge on any atom is -0.405 e. The van der Waals surface area contributed by atoms with Gasteiger partial charge in [-0.1, -0.05) is 22.0 Å². The van der Waals surface area contributed by atoms with Crippen LogP contribution in [0.15, 0.2) is 22.7 Å². The smallest absolute Gasteiger partial charge is 0.405 e. The number of hydrogen-bond donors (Lipinski definition) is 1. The van der Waals surface area contributed by atoms with Gasteiger partial charge in [0.2, 0.25) is 0 Å². The Morgan fingerprint density at radius 2 is 1.95 bits per heavy atom. The molecule has 7 heteroatoms. The summed E-state index contributed by atoms with van der Waals surface area (Å²) >= 11 is 3.16. The first-order valence-corrected chi connectivity index (χ1v) is 6.70. The second kappa shape index (κ2) is 6.11. The summed E-state index contributed by atoms with van der Waals surface area (Å²) in [6, 6.07) is 4.74. The van der Waals surface area contributed by atoms with Crippen molar-refractivity contribution >= 4 is 15.9 Å². The van der Waals surface area contributed by atoms with Gasteiger partial charge in [0.05, 0.1) is 0 Å². The van der Waals surface area contributed by atoms with Gasteiger partial charge < -0.3 is 10.1 Å². The maximum absolute atomic E-state index is 12.4. The molecule has 0 spiro atoms. The van der Waals surface area contributed by atoms with Crippen LogP contribution in [0.2, 0.25) is 0 Å². The average molecular weight is 339 g/mol. The topological polar surface area (TPSA) is 24.5 Å². The summed E-state index contributed by atoms with van der Waals surface area (Å²) in [5.74, 6) is -0.139. The molecule has 0 saturated carbocycles. The first kappa shape index (κ1) is 14.6. The van der Waals surface area contributed by atoms with Gasteiger partial charge in [0.15, 0.2) is 0 Å². The summed E-state index contributed by atoms with van der Waals surface area (Å²) in [6.07, 6.45) is -4.67. The quantitative estimate of drug-likeness (QED) is 0.917. The van der Waals surface area contributed by atoms with Gasteiger partial charge in [-0.15, -0.1) is 13.2 Å². The highest BCUT2D eigenvalue weighted by atomic mass is 79.9. The monoisotopic (exact) mass is 338 g/mol. The van der Waals surface area contributed by atoms with Crippen LogP contribution >= 0.6 is 15.9 Å². The van der Waals surface area contributed by atoms with Gasteiger partial charge in [0.25, 0.3) is 0 Å². The molecule has 1 aliphatic heterocycles. The van der Waals surface area contributed by atoms with Crippen molar-refractivity contribution in [3.05, 3.63) is 28.2 Å². The molecule has 1 aromatic carbocycles. The van der Waals surface area contributed by atoms with Crippen molar-refractivity contribution in [3.63, 3.8) is 0 Å². The zero-order chi connectivity index (χ0) is 13.9. The molecule has 1 fully saturated rings. The molecular weight excluding hydrogens is 325 g/mol. The number of benzene rings is 1. The summed E-state index contributed by atoms with van der Waals surface area (Å²) in [5.41, 5.74) is 0.544. The minimum atomic E-state index is -4.67. The number of alkyl halides is 3. The second-order valence-corrected chi connectivity index (χ2v) is 5.24. The molecule has 0 amide bonds. The number of hydrogen-bond acceptors (Lipinski definition) is 3. The predicted molar refractivity (Wildman–Crippen MR) is 69.0 cm³/mol. The molecule has 1 heterocycles. The summed E-state index contributed by atoms with van der Waals surface area (Å²) < 4.78 is 41.8. The van der Waals surface area contributed by atoms with Crippen molar-refractivity contribution < 1.29 is 17.9 Å². The van der Waals surface area contributed by atoms with Crippen molar-refractivity contribution in [2.24, 2.45) is 0 Å². The van der Waals surface area contributed by atoms with Gasteiger partial charge in [0.1, 0.15) is 5.75 Å². The van der Waals surface area contributed by atoms with Gasteiger partial charge in [0, 0.05) is 42.8 Å². The van der Waals surface area contributed by atoms with Crippen LogP contribution in [0.3, 0.4) is 0 Å². The van der Waals surface area contributed by atoms with E-state index >= 15 is 0 Å². The molecular formula is C12H14BrF3N2O. The summed E-state index contributed by atoms with van der Waals surface area (Å²) in [6.45, 7) is 3.81. The molecule has 1 N–H and O–H groups in total. The number of rotatable bonds is 3. The van der Waals surface area contributed by atoms with Crippen molar-refractivity contribution in [2.45, 2.75) is 12.9 Å². The van der Waals surface area contributed by atoms with Crippen LogP contribution in [0.5, 0.6) is 5.75 Å². The Labute approximate surface area is 117 Å². The zero-order valence-corrected chi connectivity index (χ0v) is 11.7. The van der Waals surface area contributed by atoms with Crippen LogP contribution in [-0.2, 0) is 6.54 Å². The highest BCUT2D eigenvalue weighted by molar-refractivity contribution is 9.10. The Balaban J connectivity index is 2.13. The lowest BCUT2D eigenvalue weighted by molar-refractivity contribution is -0.275. The van der Waals surface area contributed by atoms with Gasteiger partial charge >= 0.3 is 6.36 Å². The molecule has 0 atom stereocenters. The van der Waals surface area contributed by atoms with E-state index in [0.29, 0.717) is 16.6 Å². The van der Waals surface area contributed by atoms with Gasteiger partial charge in [-0.25, -0.2) is 0 Å². The fourth-order valence-corrected chi connectivity index (χ4v) is 2.33. The Hall–Kier alpha value is -0.790. The first-order chi connectivity index (χ1) is 8.94. The van der Waals surface area contributed by atoms with Crippen LogP contribution in [0.25, 0.3) is 0 Å². The van der Waals surface area contributed by atoms with Crippen molar-refractivity contribution in [3.8, 4) is 5.75 Å². The molecule has 3 nitrogen and oxygen atoms in total. The van der Waals surface area contributed by atoms with E-state index in [-0.39, 0.29) is 5.75 Å². The van der Waals surface area contributed by atoms with Crippen molar-refractivity contribution in [2.75, 3.05) is 26.2 Å². The molecule has 106 valence electrons. The first-order valence-electron chi connectivity index (χ1n) is 5.91. The predicted octanol–water partition coefficient (Wildman–Crippen LogP) is 2.75. The van der Waals surface area contributed by atoms with Gasteiger partial charge in [-0.05, 0) is 12.1 Å². The number of nitrogens with one attached hydrogen (secondary N) is 1. The SMILES string of the molecule is FC(F)(F)Oc1cc(Br)ccc1CN1CCNCC1. The molecule has 0 unspecified atom stereocenters. The molecule has 1 aromatic rings. The maximum Gasteiger partial charge on any atom is 0.573 e. The van der Waals surface area contributed by atoms with Crippen LogP contribution in [0, 0.1) is 0 Å². The molecule has 1 saturated heterocycles. The largest absolute Gasteiger partial charge is 0.573 e.